The first-order valence-electron chi connectivity index (χ1n) is 5.80. The smallest absolute Gasteiger partial charge is 0.328 e. The lowest BCUT2D eigenvalue weighted by Crippen LogP contribution is -2.32. The van der Waals surface area contributed by atoms with Gasteiger partial charge in [0.1, 0.15) is 5.75 Å². The number of aromatic nitrogens is 2. The van der Waals surface area contributed by atoms with Gasteiger partial charge in [-0.1, -0.05) is 18.2 Å². The molecule has 0 bridgehead atoms. The number of hydrogen-bond donors (Lipinski definition) is 2. The summed E-state index contributed by atoms with van der Waals surface area (Å²) < 4.78 is 6.63. The van der Waals surface area contributed by atoms with Crippen LogP contribution in [0.5, 0.6) is 5.75 Å². The fourth-order valence-corrected chi connectivity index (χ4v) is 1.83. The molecule has 2 rings (SSSR count). The fourth-order valence-electron chi connectivity index (χ4n) is 1.83. The average molecular weight is 261 g/mol. The molecule has 19 heavy (non-hydrogen) atoms. The third kappa shape index (κ3) is 2.74. The number of benzene rings is 1. The van der Waals surface area contributed by atoms with Gasteiger partial charge >= 0.3 is 5.69 Å². The van der Waals surface area contributed by atoms with E-state index in [4.69, 9.17) is 10.5 Å². The van der Waals surface area contributed by atoms with Gasteiger partial charge in [-0.2, -0.15) is 0 Å². The largest absolute Gasteiger partial charge is 0.496 e. The Bertz CT molecular complexity index is 688. The molecule has 0 amide bonds. The third-order valence-corrected chi connectivity index (χ3v) is 2.84. The molecule has 0 aliphatic heterocycles. The summed E-state index contributed by atoms with van der Waals surface area (Å²) in [6, 6.07) is 7.39. The molecule has 0 atom stereocenters. The van der Waals surface area contributed by atoms with Gasteiger partial charge in [0.2, 0.25) is 0 Å². The highest BCUT2D eigenvalue weighted by Gasteiger charge is 2.07. The first kappa shape index (κ1) is 13.1. The standard InChI is InChI=1S/C13H15N3O3/c1-19-11-5-3-2-4-9(11)7-16-8-10(6-14)12(17)15-13(16)18/h2-5,8H,6-7,14H2,1H3,(H,15,17,18). The molecule has 6 nitrogen and oxygen atoms in total. The monoisotopic (exact) mass is 261 g/mol. The van der Waals surface area contributed by atoms with E-state index in [0.717, 1.165) is 5.56 Å². The molecule has 0 saturated carbocycles. The third-order valence-electron chi connectivity index (χ3n) is 2.84. The first-order chi connectivity index (χ1) is 9.15. The summed E-state index contributed by atoms with van der Waals surface area (Å²) in [7, 11) is 1.57. The fraction of sp³-hybridized carbons (Fsp3) is 0.231. The van der Waals surface area contributed by atoms with Gasteiger partial charge in [0, 0.05) is 23.9 Å². The number of para-hydroxylation sites is 1. The van der Waals surface area contributed by atoms with E-state index >= 15 is 0 Å². The number of methoxy groups -OCH3 is 1. The van der Waals surface area contributed by atoms with Crippen molar-refractivity contribution in [2.45, 2.75) is 13.1 Å². The number of H-pyrrole nitrogens is 1. The number of hydrogen-bond acceptors (Lipinski definition) is 4. The Hall–Kier alpha value is -2.34. The van der Waals surface area contributed by atoms with Crippen LogP contribution in [-0.4, -0.2) is 16.7 Å². The van der Waals surface area contributed by atoms with Crippen LogP contribution in [0.25, 0.3) is 0 Å². The molecule has 100 valence electrons. The molecule has 0 spiro atoms. The Balaban J connectivity index is 2.43. The quantitative estimate of drug-likeness (QED) is 0.813. The number of nitrogens with zero attached hydrogens (tertiary/aromatic N) is 1. The molecule has 0 unspecified atom stereocenters. The Morgan fingerprint density at radius 2 is 2.00 bits per heavy atom. The van der Waals surface area contributed by atoms with Gasteiger partial charge in [-0.25, -0.2) is 4.79 Å². The summed E-state index contributed by atoms with van der Waals surface area (Å²) in [6.07, 6.45) is 1.48. The molecule has 6 heteroatoms. The zero-order valence-electron chi connectivity index (χ0n) is 10.6. The van der Waals surface area contributed by atoms with E-state index in [1.807, 2.05) is 24.3 Å². The summed E-state index contributed by atoms with van der Waals surface area (Å²) in [5.74, 6) is 0.690. The van der Waals surface area contributed by atoms with Gasteiger partial charge in [-0.05, 0) is 6.07 Å². The van der Waals surface area contributed by atoms with Crippen LogP contribution in [0.3, 0.4) is 0 Å². The van der Waals surface area contributed by atoms with Crippen molar-refractivity contribution in [1.82, 2.24) is 9.55 Å². The van der Waals surface area contributed by atoms with Crippen molar-refractivity contribution >= 4 is 0 Å². The Morgan fingerprint density at radius 3 is 2.68 bits per heavy atom. The van der Waals surface area contributed by atoms with Crippen molar-refractivity contribution in [2.24, 2.45) is 5.73 Å². The van der Waals surface area contributed by atoms with Gasteiger partial charge < -0.3 is 10.5 Å². The maximum atomic E-state index is 11.7. The van der Waals surface area contributed by atoms with Crippen molar-refractivity contribution in [3.8, 4) is 5.75 Å². The second-order valence-corrected chi connectivity index (χ2v) is 4.06. The lowest BCUT2D eigenvalue weighted by molar-refractivity contribution is 0.408. The normalized spacial score (nSPS) is 10.4. The highest BCUT2D eigenvalue weighted by molar-refractivity contribution is 5.33. The number of nitrogens with one attached hydrogen (secondary N) is 1. The van der Waals surface area contributed by atoms with E-state index in [2.05, 4.69) is 4.98 Å². The molecule has 2 aromatic rings. The highest BCUT2D eigenvalue weighted by Crippen LogP contribution is 2.17. The average Bonchev–Trinajstić information content (AvgIpc) is 2.42. The second-order valence-electron chi connectivity index (χ2n) is 4.06. The van der Waals surface area contributed by atoms with E-state index < -0.39 is 11.2 Å². The maximum Gasteiger partial charge on any atom is 0.328 e. The van der Waals surface area contributed by atoms with Crippen LogP contribution in [0.1, 0.15) is 11.1 Å². The van der Waals surface area contributed by atoms with Crippen molar-refractivity contribution in [3.63, 3.8) is 0 Å². The molecule has 0 aliphatic rings. The van der Waals surface area contributed by atoms with Crippen LogP contribution in [-0.2, 0) is 13.1 Å². The van der Waals surface area contributed by atoms with E-state index in [1.54, 1.807) is 7.11 Å². The summed E-state index contributed by atoms with van der Waals surface area (Å²) in [4.78, 5) is 25.4. The van der Waals surface area contributed by atoms with Gasteiger partial charge in [-0.15, -0.1) is 0 Å². The molecule has 1 aromatic heterocycles. The Morgan fingerprint density at radius 1 is 1.26 bits per heavy atom. The number of aromatic amines is 1. The molecule has 1 heterocycles. The SMILES string of the molecule is COc1ccccc1Cn1cc(CN)c(=O)[nH]c1=O. The molecule has 0 saturated heterocycles. The number of nitrogens with two attached hydrogens (primary N) is 1. The van der Waals surface area contributed by atoms with Crippen molar-refractivity contribution in [2.75, 3.05) is 7.11 Å². The van der Waals surface area contributed by atoms with Gasteiger partial charge in [0.25, 0.3) is 5.56 Å². The summed E-state index contributed by atoms with van der Waals surface area (Å²) >= 11 is 0. The molecule has 0 aliphatic carbocycles. The van der Waals surface area contributed by atoms with Crippen molar-refractivity contribution in [3.05, 3.63) is 62.4 Å². The maximum absolute atomic E-state index is 11.7. The molecule has 1 aromatic carbocycles. The lowest BCUT2D eigenvalue weighted by atomic mass is 10.2. The molecular weight excluding hydrogens is 246 g/mol. The van der Waals surface area contributed by atoms with Crippen LogP contribution in [0, 0.1) is 0 Å². The Labute approximate surface area is 109 Å². The summed E-state index contributed by atoms with van der Waals surface area (Å²) in [5.41, 5.74) is 5.77. The minimum atomic E-state index is -0.465. The van der Waals surface area contributed by atoms with E-state index in [9.17, 15) is 9.59 Å². The van der Waals surface area contributed by atoms with Crippen LogP contribution >= 0.6 is 0 Å². The predicted molar refractivity (Wildman–Crippen MR) is 71.3 cm³/mol. The number of ether oxygens (including phenoxy) is 1. The van der Waals surface area contributed by atoms with E-state index in [-0.39, 0.29) is 6.54 Å². The van der Waals surface area contributed by atoms with E-state index in [1.165, 1.54) is 10.8 Å². The zero-order valence-corrected chi connectivity index (χ0v) is 10.6. The lowest BCUT2D eigenvalue weighted by Gasteiger charge is -2.10. The van der Waals surface area contributed by atoms with Crippen LogP contribution in [0.2, 0.25) is 0 Å². The molecule has 0 radical (unpaired) electrons. The van der Waals surface area contributed by atoms with Gasteiger partial charge in [0.05, 0.1) is 13.7 Å². The summed E-state index contributed by atoms with van der Waals surface area (Å²) in [6.45, 7) is 0.397. The van der Waals surface area contributed by atoms with Crippen molar-refractivity contribution < 1.29 is 4.74 Å². The van der Waals surface area contributed by atoms with Crippen LogP contribution in [0.4, 0.5) is 0 Å². The first-order valence-corrected chi connectivity index (χ1v) is 5.80. The van der Waals surface area contributed by atoms with Crippen LogP contribution in [0.15, 0.2) is 40.1 Å². The van der Waals surface area contributed by atoms with Gasteiger partial charge in [-0.3, -0.25) is 14.3 Å². The second kappa shape index (κ2) is 5.53. The summed E-state index contributed by atoms with van der Waals surface area (Å²) in [5, 5.41) is 0. The molecular formula is C13H15N3O3. The molecule has 3 N–H and O–H groups in total. The predicted octanol–water partition coefficient (Wildman–Crippen LogP) is 0.0522. The van der Waals surface area contributed by atoms with E-state index in [0.29, 0.717) is 17.9 Å². The van der Waals surface area contributed by atoms with Gasteiger partial charge in [0.15, 0.2) is 0 Å². The Kier molecular flexibility index (Phi) is 3.82. The minimum absolute atomic E-state index is 0.0849. The zero-order chi connectivity index (χ0) is 13.8. The topological polar surface area (TPSA) is 90.1 Å². The highest BCUT2D eigenvalue weighted by atomic mass is 16.5. The minimum Gasteiger partial charge on any atom is -0.496 e. The number of rotatable bonds is 4. The van der Waals surface area contributed by atoms with Crippen molar-refractivity contribution in [1.29, 1.82) is 0 Å². The molecule has 0 fully saturated rings. The van der Waals surface area contributed by atoms with Crippen LogP contribution < -0.4 is 21.7 Å².